The van der Waals surface area contributed by atoms with Crippen LogP contribution in [0.25, 0.3) is 6.08 Å². The Bertz CT molecular complexity index is 221. The van der Waals surface area contributed by atoms with E-state index in [1.54, 1.807) is 0 Å². The summed E-state index contributed by atoms with van der Waals surface area (Å²) in [4.78, 5) is 4.15. The van der Waals surface area contributed by atoms with Crippen molar-refractivity contribution in [2.45, 2.75) is 13.8 Å². The van der Waals surface area contributed by atoms with Crippen LogP contribution in [0.1, 0.15) is 18.2 Å². The zero-order valence-electron chi connectivity index (χ0n) is 6.33. The van der Waals surface area contributed by atoms with E-state index in [-0.39, 0.29) is 0 Å². The van der Waals surface area contributed by atoms with Crippen molar-refractivity contribution in [3.8, 4) is 0 Å². The summed E-state index contributed by atoms with van der Waals surface area (Å²) in [5.41, 5.74) is 2.22. The van der Waals surface area contributed by atoms with Crippen molar-refractivity contribution >= 4 is 6.08 Å². The number of hydrogen-bond acceptors (Lipinski definition) is 1. The molecule has 0 fully saturated rings. The molecule has 0 aliphatic heterocycles. The van der Waals surface area contributed by atoms with Gasteiger partial charge in [-0.3, -0.25) is 4.98 Å². The molecule has 0 radical (unpaired) electrons. The second kappa shape index (κ2) is 3.16. The van der Waals surface area contributed by atoms with Crippen molar-refractivity contribution in [2.24, 2.45) is 0 Å². The first-order chi connectivity index (χ1) is 4.83. The molecule has 0 aliphatic carbocycles. The maximum Gasteiger partial charge on any atom is 0.0373 e. The van der Waals surface area contributed by atoms with E-state index < -0.39 is 0 Å². The summed E-state index contributed by atoms with van der Waals surface area (Å²) >= 11 is 0. The molecule has 0 spiro atoms. The molecular weight excluding hydrogens is 122 g/mol. The topological polar surface area (TPSA) is 12.9 Å². The van der Waals surface area contributed by atoms with Gasteiger partial charge in [-0.2, -0.15) is 0 Å². The molecule has 0 unspecified atom stereocenters. The molecule has 0 saturated heterocycles. The monoisotopic (exact) mass is 133 g/mol. The fourth-order valence-corrected chi connectivity index (χ4v) is 0.770. The van der Waals surface area contributed by atoms with E-state index in [2.05, 4.69) is 11.1 Å². The van der Waals surface area contributed by atoms with Gasteiger partial charge in [0, 0.05) is 11.9 Å². The zero-order valence-corrected chi connectivity index (χ0v) is 6.33. The number of hydrogen-bond donors (Lipinski definition) is 0. The molecule has 0 aromatic carbocycles. The Hall–Kier alpha value is -1.11. The van der Waals surface area contributed by atoms with E-state index in [1.165, 1.54) is 0 Å². The van der Waals surface area contributed by atoms with Gasteiger partial charge in [0.25, 0.3) is 0 Å². The number of aryl methyl sites for hydroxylation is 1. The molecule has 1 heteroatoms. The van der Waals surface area contributed by atoms with Gasteiger partial charge in [-0.1, -0.05) is 18.2 Å². The van der Waals surface area contributed by atoms with E-state index in [4.69, 9.17) is 0 Å². The van der Waals surface area contributed by atoms with Crippen LogP contribution in [0.15, 0.2) is 24.4 Å². The van der Waals surface area contributed by atoms with E-state index in [0.29, 0.717) is 0 Å². The summed E-state index contributed by atoms with van der Waals surface area (Å²) in [6.07, 6.45) is 5.91. The van der Waals surface area contributed by atoms with Crippen LogP contribution in [0.2, 0.25) is 0 Å². The molecule has 10 heavy (non-hydrogen) atoms. The Morgan fingerprint density at radius 2 is 2.20 bits per heavy atom. The third-order valence-electron chi connectivity index (χ3n) is 1.29. The second-order valence-corrected chi connectivity index (χ2v) is 2.23. The maximum atomic E-state index is 4.15. The first kappa shape index (κ1) is 7.00. The summed E-state index contributed by atoms with van der Waals surface area (Å²) in [7, 11) is 0. The molecule has 0 bridgehead atoms. The summed E-state index contributed by atoms with van der Waals surface area (Å²) < 4.78 is 0. The van der Waals surface area contributed by atoms with Gasteiger partial charge in [-0.25, -0.2) is 0 Å². The molecular formula is C9H11N. The predicted octanol–water partition coefficient (Wildman–Crippen LogP) is 2.42. The van der Waals surface area contributed by atoms with Crippen molar-refractivity contribution in [3.05, 3.63) is 35.7 Å². The number of aromatic nitrogens is 1. The molecule has 0 amide bonds. The summed E-state index contributed by atoms with van der Waals surface area (Å²) in [6.45, 7) is 3.99. The van der Waals surface area contributed by atoms with Gasteiger partial charge >= 0.3 is 0 Å². The van der Waals surface area contributed by atoms with Gasteiger partial charge in [-0.05, 0) is 25.5 Å². The van der Waals surface area contributed by atoms with E-state index in [1.807, 2.05) is 38.3 Å². The first-order valence-electron chi connectivity index (χ1n) is 3.38. The number of allylic oxidation sites excluding steroid dienone is 1. The normalized spacial score (nSPS) is 10.6. The molecule has 1 nitrogen and oxygen atoms in total. The maximum absolute atomic E-state index is 4.15. The minimum Gasteiger partial charge on any atom is -0.261 e. The van der Waals surface area contributed by atoms with Crippen LogP contribution in [-0.2, 0) is 0 Å². The van der Waals surface area contributed by atoms with Gasteiger partial charge in [-0.15, -0.1) is 0 Å². The quantitative estimate of drug-likeness (QED) is 0.573. The van der Waals surface area contributed by atoms with Crippen LogP contribution in [0.3, 0.4) is 0 Å². The van der Waals surface area contributed by atoms with Gasteiger partial charge in [0.15, 0.2) is 0 Å². The third kappa shape index (κ3) is 1.69. The van der Waals surface area contributed by atoms with Gasteiger partial charge in [0.2, 0.25) is 0 Å². The molecule has 0 aliphatic rings. The summed E-state index contributed by atoms with van der Waals surface area (Å²) in [5.74, 6) is 0. The molecule has 1 aromatic heterocycles. The van der Waals surface area contributed by atoms with Crippen LogP contribution in [-0.4, -0.2) is 4.98 Å². The second-order valence-electron chi connectivity index (χ2n) is 2.23. The molecule has 1 heterocycles. The standard InChI is InChI=1S/C9H11N/c1-3-4-9-6-5-8(2)10-7-9/h3-7H,1-2H3/b4-3-. The lowest BCUT2D eigenvalue weighted by Crippen LogP contribution is -1.79. The highest BCUT2D eigenvalue weighted by atomic mass is 14.6. The summed E-state index contributed by atoms with van der Waals surface area (Å²) in [6, 6.07) is 4.07. The molecule has 0 saturated carbocycles. The average Bonchev–Trinajstić information content (AvgIpc) is 1.95. The Labute approximate surface area is 61.4 Å². The fourth-order valence-electron chi connectivity index (χ4n) is 0.770. The van der Waals surface area contributed by atoms with Crippen LogP contribution < -0.4 is 0 Å². The van der Waals surface area contributed by atoms with Crippen LogP contribution in [0.5, 0.6) is 0 Å². The highest BCUT2D eigenvalue weighted by molar-refractivity contribution is 5.47. The van der Waals surface area contributed by atoms with Crippen molar-refractivity contribution in [1.82, 2.24) is 4.98 Å². The van der Waals surface area contributed by atoms with E-state index in [9.17, 15) is 0 Å². The highest BCUT2D eigenvalue weighted by Crippen LogP contribution is 2.00. The summed E-state index contributed by atoms with van der Waals surface area (Å²) in [5, 5.41) is 0. The Morgan fingerprint density at radius 3 is 2.70 bits per heavy atom. The minimum atomic E-state index is 1.06. The average molecular weight is 133 g/mol. The predicted molar refractivity (Wildman–Crippen MR) is 43.7 cm³/mol. The number of rotatable bonds is 1. The molecule has 1 aromatic rings. The lowest BCUT2D eigenvalue weighted by Gasteiger charge is -1.91. The van der Waals surface area contributed by atoms with E-state index in [0.717, 1.165) is 11.3 Å². The van der Waals surface area contributed by atoms with Crippen LogP contribution >= 0.6 is 0 Å². The zero-order chi connectivity index (χ0) is 7.40. The van der Waals surface area contributed by atoms with Crippen LogP contribution in [0.4, 0.5) is 0 Å². The Morgan fingerprint density at radius 1 is 1.40 bits per heavy atom. The lowest BCUT2D eigenvalue weighted by atomic mass is 10.2. The molecule has 0 atom stereocenters. The molecule has 52 valence electrons. The fraction of sp³-hybridized carbons (Fsp3) is 0.222. The van der Waals surface area contributed by atoms with Gasteiger partial charge in [0.05, 0.1) is 0 Å². The Kier molecular flexibility index (Phi) is 2.21. The van der Waals surface area contributed by atoms with Crippen molar-refractivity contribution in [3.63, 3.8) is 0 Å². The smallest absolute Gasteiger partial charge is 0.0373 e. The SMILES string of the molecule is C/C=C\c1ccc(C)nc1. The van der Waals surface area contributed by atoms with Gasteiger partial charge in [0.1, 0.15) is 0 Å². The number of pyridine rings is 1. The highest BCUT2D eigenvalue weighted by Gasteiger charge is 1.84. The molecule has 0 N–H and O–H groups in total. The molecule has 1 rings (SSSR count). The third-order valence-corrected chi connectivity index (χ3v) is 1.29. The first-order valence-corrected chi connectivity index (χ1v) is 3.38. The van der Waals surface area contributed by atoms with Crippen molar-refractivity contribution in [1.29, 1.82) is 0 Å². The minimum absolute atomic E-state index is 1.06. The van der Waals surface area contributed by atoms with Crippen LogP contribution in [0, 0.1) is 6.92 Å². The van der Waals surface area contributed by atoms with Crippen molar-refractivity contribution < 1.29 is 0 Å². The van der Waals surface area contributed by atoms with Gasteiger partial charge < -0.3 is 0 Å². The lowest BCUT2D eigenvalue weighted by molar-refractivity contribution is 1.19. The van der Waals surface area contributed by atoms with Crippen molar-refractivity contribution in [2.75, 3.05) is 0 Å². The Balaban J connectivity index is 2.89. The largest absolute Gasteiger partial charge is 0.261 e. The number of nitrogens with zero attached hydrogens (tertiary/aromatic N) is 1. The van der Waals surface area contributed by atoms with E-state index >= 15 is 0 Å².